The largest absolute Gasteiger partial charge is 0.396 e. The number of carbonyl (C=O) groups is 2. The molecule has 0 atom stereocenters. The second-order valence-corrected chi connectivity index (χ2v) is 4.82. The minimum atomic E-state index is -0.132. The van der Waals surface area contributed by atoms with Gasteiger partial charge >= 0.3 is 0 Å². The number of nitrogens with zero attached hydrogens (tertiary/aromatic N) is 2. The summed E-state index contributed by atoms with van der Waals surface area (Å²) in [5.41, 5.74) is 2.95. The third kappa shape index (κ3) is 2.76. The lowest BCUT2D eigenvalue weighted by molar-refractivity contribution is -0.131. The first-order valence-corrected chi connectivity index (χ1v) is 6.26. The van der Waals surface area contributed by atoms with Crippen LogP contribution in [0, 0.1) is 0 Å². The van der Waals surface area contributed by atoms with Gasteiger partial charge < -0.3 is 14.9 Å². The van der Waals surface area contributed by atoms with Crippen molar-refractivity contribution in [1.82, 2.24) is 4.90 Å². The van der Waals surface area contributed by atoms with Crippen molar-refractivity contribution in [2.45, 2.75) is 19.4 Å². The number of hydrogen-bond acceptors (Lipinski definition) is 3. The predicted octanol–water partition coefficient (Wildman–Crippen LogP) is 0.546. The van der Waals surface area contributed by atoms with Crippen molar-refractivity contribution in [3.8, 4) is 0 Å². The lowest BCUT2D eigenvalue weighted by Gasteiger charge is -2.17. The molecule has 0 radical (unpaired) electrons. The number of benzene rings is 1. The number of rotatable bonds is 4. The molecule has 19 heavy (non-hydrogen) atoms. The summed E-state index contributed by atoms with van der Waals surface area (Å²) < 4.78 is 0. The minimum absolute atomic E-state index is 0.0869. The van der Waals surface area contributed by atoms with Crippen molar-refractivity contribution in [2.24, 2.45) is 0 Å². The quantitative estimate of drug-likeness (QED) is 0.862. The third-order valence-corrected chi connectivity index (χ3v) is 3.39. The van der Waals surface area contributed by atoms with E-state index in [0.29, 0.717) is 13.0 Å². The van der Waals surface area contributed by atoms with Crippen molar-refractivity contribution in [3.05, 3.63) is 29.3 Å². The van der Waals surface area contributed by atoms with E-state index < -0.39 is 0 Å². The van der Waals surface area contributed by atoms with E-state index in [1.807, 2.05) is 18.2 Å². The molecule has 5 heteroatoms. The Morgan fingerprint density at radius 2 is 2.21 bits per heavy atom. The molecule has 2 rings (SSSR count). The zero-order valence-electron chi connectivity index (χ0n) is 11.2. The van der Waals surface area contributed by atoms with E-state index in [1.54, 1.807) is 23.9 Å². The molecule has 0 saturated carbocycles. The first-order chi connectivity index (χ1) is 9.02. The van der Waals surface area contributed by atoms with Gasteiger partial charge in [-0.25, -0.2) is 0 Å². The molecule has 1 aromatic rings. The first kappa shape index (κ1) is 13.5. The van der Waals surface area contributed by atoms with Gasteiger partial charge in [0, 0.05) is 32.7 Å². The molecule has 1 aliphatic rings. The van der Waals surface area contributed by atoms with Crippen LogP contribution >= 0.6 is 0 Å². The monoisotopic (exact) mass is 262 g/mol. The molecule has 5 nitrogen and oxygen atoms in total. The fraction of sp³-hybridized carbons (Fsp3) is 0.429. The molecule has 1 aromatic carbocycles. The van der Waals surface area contributed by atoms with E-state index in [9.17, 15) is 9.59 Å². The van der Waals surface area contributed by atoms with Crippen LogP contribution in [-0.2, 0) is 22.6 Å². The molecule has 0 fully saturated rings. The van der Waals surface area contributed by atoms with Gasteiger partial charge in [0.05, 0.1) is 13.0 Å². The summed E-state index contributed by atoms with van der Waals surface area (Å²) >= 11 is 0. The van der Waals surface area contributed by atoms with E-state index in [1.165, 1.54) is 0 Å². The summed E-state index contributed by atoms with van der Waals surface area (Å²) in [7, 11) is 3.48. The summed E-state index contributed by atoms with van der Waals surface area (Å²) in [5, 5.41) is 8.75. The molecule has 0 saturated heterocycles. The normalized spacial score (nSPS) is 13.6. The van der Waals surface area contributed by atoms with E-state index in [0.717, 1.165) is 16.8 Å². The number of aliphatic hydroxyl groups is 1. The van der Waals surface area contributed by atoms with Crippen molar-refractivity contribution >= 4 is 17.5 Å². The van der Waals surface area contributed by atoms with Gasteiger partial charge in [0.15, 0.2) is 0 Å². The summed E-state index contributed by atoms with van der Waals surface area (Å²) in [5.74, 6) is 0.00746. The lowest BCUT2D eigenvalue weighted by atomic mass is 10.1. The van der Waals surface area contributed by atoms with Crippen molar-refractivity contribution in [1.29, 1.82) is 0 Å². The van der Waals surface area contributed by atoms with Crippen LogP contribution in [0.4, 0.5) is 5.69 Å². The Balaban J connectivity index is 2.10. The van der Waals surface area contributed by atoms with Gasteiger partial charge in [0.1, 0.15) is 0 Å². The van der Waals surface area contributed by atoms with E-state index >= 15 is 0 Å². The molecule has 0 spiro atoms. The lowest BCUT2D eigenvalue weighted by Crippen LogP contribution is -2.26. The highest BCUT2D eigenvalue weighted by molar-refractivity contribution is 6.00. The van der Waals surface area contributed by atoms with Gasteiger partial charge in [0.2, 0.25) is 11.8 Å². The molecule has 1 heterocycles. The molecule has 0 aliphatic carbocycles. The molecule has 0 aromatic heterocycles. The van der Waals surface area contributed by atoms with Gasteiger partial charge in [-0.15, -0.1) is 0 Å². The SMILES string of the molecule is CN(Cc1ccc2c(c1)CC(=O)N2C)C(=O)CCO. The minimum Gasteiger partial charge on any atom is -0.396 e. The Bertz CT molecular complexity index is 513. The molecule has 1 aliphatic heterocycles. The van der Waals surface area contributed by atoms with E-state index in [-0.39, 0.29) is 24.8 Å². The number of anilines is 1. The summed E-state index contributed by atoms with van der Waals surface area (Å²) in [6.45, 7) is 0.358. The van der Waals surface area contributed by atoms with Crippen LogP contribution in [0.2, 0.25) is 0 Å². The van der Waals surface area contributed by atoms with E-state index in [2.05, 4.69) is 0 Å². The maximum atomic E-state index is 11.6. The molecular formula is C14H18N2O3. The Morgan fingerprint density at radius 3 is 2.89 bits per heavy atom. The van der Waals surface area contributed by atoms with Crippen molar-refractivity contribution in [2.75, 3.05) is 25.6 Å². The summed E-state index contributed by atoms with van der Waals surface area (Å²) in [6.07, 6.45) is 0.566. The van der Waals surface area contributed by atoms with Crippen LogP contribution in [0.15, 0.2) is 18.2 Å². The molecular weight excluding hydrogens is 244 g/mol. The van der Waals surface area contributed by atoms with Crippen LogP contribution in [0.1, 0.15) is 17.5 Å². The molecule has 0 unspecified atom stereocenters. The number of aliphatic hydroxyl groups excluding tert-OH is 1. The van der Waals surface area contributed by atoms with Crippen LogP contribution < -0.4 is 4.90 Å². The van der Waals surface area contributed by atoms with Crippen LogP contribution in [0.3, 0.4) is 0 Å². The zero-order valence-corrected chi connectivity index (χ0v) is 11.2. The Hall–Kier alpha value is -1.88. The van der Waals surface area contributed by atoms with E-state index in [4.69, 9.17) is 5.11 Å². The molecule has 2 amide bonds. The molecule has 102 valence electrons. The van der Waals surface area contributed by atoms with Crippen LogP contribution in [0.5, 0.6) is 0 Å². The summed E-state index contributed by atoms with van der Waals surface area (Å²) in [6, 6.07) is 5.82. The maximum Gasteiger partial charge on any atom is 0.231 e. The standard InChI is InChI=1S/C14H18N2O3/c1-15(13(18)5-6-17)9-10-3-4-12-11(7-10)8-14(19)16(12)2/h3-4,7,17H,5-6,8-9H2,1-2H3. The first-order valence-electron chi connectivity index (χ1n) is 6.26. The fourth-order valence-corrected chi connectivity index (χ4v) is 2.27. The van der Waals surface area contributed by atoms with Crippen LogP contribution in [0.25, 0.3) is 0 Å². The Kier molecular flexibility index (Phi) is 3.85. The number of amides is 2. The van der Waals surface area contributed by atoms with Crippen molar-refractivity contribution < 1.29 is 14.7 Å². The van der Waals surface area contributed by atoms with Crippen molar-refractivity contribution in [3.63, 3.8) is 0 Å². The number of carbonyl (C=O) groups excluding carboxylic acids is 2. The Morgan fingerprint density at radius 1 is 1.47 bits per heavy atom. The van der Waals surface area contributed by atoms with Gasteiger partial charge in [0.25, 0.3) is 0 Å². The second-order valence-electron chi connectivity index (χ2n) is 4.82. The Labute approximate surface area is 112 Å². The highest BCUT2D eigenvalue weighted by atomic mass is 16.3. The van der Waals surface area contributed by atoms with Gasteiger partial charge in [-0.2, -0.15) is 0 Å². The topological polar surface area (TPSA) is 60.9 Å². The third-order valence-electron chi connectivity index (χ3n) is 3.39. The van der Waals surface area contributed by atoms with Gasteiger partial charge in [-0.3, -0.25) is 9.59 Å². The zero-order chi connectivity index (χ0) is 14.0. The average molecular weight is 262 g/mol. The fourth-order valence-electron chi connectivity index (χ4n) is 2.27. The maximum absolute atomic E-state index is 11.6. The number of likely N-dealkylation sites (N-methyl/N-ethyl adjacent to an activating group) is 1. The average Bonchev–Trinajstić information content (AvgIpc) is 2.65. The van der Waals surface area contributed by atoms with Gasteiger partial charge in [-0.05, 0) is 17.2 Å². The highest BCUT2D eigenvalue weighted by Gasteiger charge is 2.24. The number of fused-ring (bicyclic) bond motifs is 1. The molecule has 0 bridgehead atoms. The highest BCUT2D eigenvalue weighted by Crippen LogP contribution is 2.28. The molecule has 1 N–H and O–H groups in total. The second kappa shape index (κ2) is 5.40. The number of hydrogen-bond donors (Lipinski definition) is 1. The van der Waals surface area contributed by atoms with Crippen LogP contribution in [-0.4, -0.2) is 42.5 Å². The smallest absolute Gasteiger partial charge is 0.231 e. The summed E-state index contributed by atoms with van der Waals surface area (Å²) in [4.78, 5) is 26.4. The van der Waals surface area contributed by atoms with Gasteiger partial charge in [-0.1, -0.05) is 12.1 Å². The predicted molar refractivity (Wildman–Crippen MR) is 71.7 cm³/mol.